The zero-order chi connectivity index (χ0) is 11.3. The fourth-order valence-corrected chi connectivity index (χ4v) is 1.49. The largest absolute Gasteiger partial charge is 0.396 e. The van der Waals surface area contributed by atoms with E-state index in [9.17, 15) is 0 Å². The van der Waals surface area contributed by atoms with Gasteiger partial charge in [0.1, 0.15) is 0 Å². The molecule has 15 heavy (non-hydrogen) atoms. The molecule has 0 spiro atoms. The number of aryl methyl sites for hydroxylation is 1. The lowest BCUT2D eigenvalue weighted by Crippen LogP contribution is -2.26. The fourth-order valence-electron chi connectivity index (χ4n) is 1.49. The Balaban J connectivity index is 2.95. The van der Waals surface area contributed by atoms with E-state index in [0.717, 1.165) is 24.3 Å². The highest BCUT2D eigenvalue weighted by molar-refractivity contribution is 5.63. The Bertz CT molecular complexity index is 366. The number of hydrogen-bond acceptors (Lipinski definition) is 3. The molecule has 0 atom stereocenters. The minimum atomic E-state index is 0.550. The van der Waals surface area contributed by atoms with Crippen molar-refractivity contribution in [2.75, 3.05) is 23.7 Å². The van der Waals surface area contributed by atoms with Gasteiger partial charge >= 0.3 is 0 Å². The van der Waals surface area contributed by atoms with Gasteiger partial charge in [-0.25, -0.2) is 4.98 Å². The van der Waals surface area contributed by atoms with Gasteiger partial charge in [0.2, 0.25) is 0 Å². The standard InChI is InChI=1S/C12H17N3/c1-4-6-15(7-5-2)12-11(13)8-10(3)9-14-12/h1,8-9H,5-7,13H2,2-3H3. The molecule has 0 aliphatic carbocycles. The Morgan fingerprint density at radius 2 is 2.33 bits per heavy atom. The number of anilines is 2. The maximum Gasteiger partial charge on any atom is 0.152 e. The molecule has 0 unspecified atom stereocenters. The summed E-state index contributed by atoms with van der Waals surface area (Å²) >= 11 is 0. The van der Waals surface area contributed by atoms with Gasteiger partial charge in [-0.1, -0.05) is 12.8 Å². The highest BCUT2D eigenvalue weighted by Gasteiger charge is 2.09. The number of aromatic nitrogens is 1. The molecule has 80 valence electrons. The number of nitrogens with two attached hydrogens (primary N) is 1. The summed E-state index contributed by atoms with van der Waals surface area (Å²) in [7, 11) is 0. The van der Waals surface area contributed by atoms with Crippen LogP contribution in [0.4, 0.5) is 11.5 Å². The van der Waals surface area contributed by atoms with Gasteiger partial charge in [-0.05, 0) is 25.0 Å². The van der Waals surface area contributed by atoms with Crippen molar-refractivity contribution in [3.05, 3.63) is 17.8 Å². The molecule has 0 aliphatic rings. The Kier molecular flexibility index (Phi) is 3.99. The molecular formula is C12H17N3. The summed E-state index contributed by atoms with van der Waals surface area (Å²) in [6, 6.07) is 1.92. The van der Waals surface area contributed by atoms with E-state index in [1.165, 1.54) is 0 Å². The normalized spacial score (nSPS) is 9.67. The fraction of sp³-hybridized carbons (Fsp3) is 0.417. The number of nitrogens with zero attached hydrogens (tertiary/aromatic N) is 2. The van der Waals surface area contributed by atoms with E-state index in [1.54, 1.807) is 0 Å². The van der Waals surface area contributed by atoms with Crippen molar-refractivity contribution in [1.29, 1.82) is 0 Å². The number of nitrogen functional groups attached to an aromatic ring is 1. The van der Waals surface area contributed by atoms with E-state index in [4.69, 9.17) is 12.2 Å². The van der Waals surface area contributed by atoms with Crippen LogP contribution in [0.1, 0.15) is 18.9 Å². The third-order valence-corrected chi connectivity index (χ3v) is 2.11. The van der Waals surface area contributed by atoms with E-state index in [0.29, 0.717) is 12.2 Å². The second-order valence-electron chi connectivity index (χ2n) is 3.55. The van der Waals surface area contributed by atoms with Crippen molar-refractivity contribution in [3.8, 4) is 12.3 Å². The number of terminal acetylenes is 1. The van der Waals surface area contributed by atoms with E-state index >= 15 is 0 Å². The molecule has 1 rings (SSSR count). The molecule has 1 heterocycles. The molecule has 3 nitrogen and oxygen atoms in total. The van der Waals surface area contributed by atoms with Gasteiger partial charge in [-0.3, -0.25) is 0 Å². The summed E-state index contributed by atoms with van der Waals surface area (Å²) in [4.78, 5) is 6.34. The Labute approximate surface area is 91.3 Å². The summed E-state index contributed by atoms with van der Waals surface area (Å²) in [6.07, 6.45) is 8.15. The Morgan fingerprint density at radius 1 is 1.60 bits per heavy atom. The Hall–Kier alpha value is -1.69. The maximum atomic E-state index is 5.91. The second-order valence-corrected chi connectivity index (χ2v) is 3.55. The molecule has 0 radical (unpaired) electrons. The van der Waals surface area contributed by atoms with Gasteiger partial charge in [0.25, 0.3) is 0 Å². The average molecular weight is 203 g/mol. The summed E-state index contributed by atoms with van der Waals surface area (Å²) in [5, 5.41) is 0. The summed E-state index contributed by atoms with van der Waals surface area (Å²) in [5.74, 6) is 3.42. The van der Waals surface area contributed by atoms with E-state index in [-0.39, 0.29) is 0 Å². The highest BCUT2D eigenvalue weighted by Crippen LogP contribution is 2.20. The zero-order valence-corrected chi connectivity index (χ0v) is 9.33. The summed E-state index contributed by atoms with van der Waals surface area (Å²) < 4.78 is 0. The van der Waals surface area contributed by atoms with E-state index < -0.39 is 0 Å². The smallest absolute Gasteiger partial charge is 0.152 e. The molecule has 0 fully saturated rings. The van der Waals surface area contributed by atoms with Crippen molar-refractivity contribution in [1.82, 2.24) is 4.98 Å². The second kappa shape index (κ2) is 5.26. The molecule has 0 saturated heterocycles. The van der Waals surface area contributed by atoms with E-state index in [1.807, 2.05) is 24.1 Å². The molecule has 0 saturated carbocycles. The number of hydrogen-bond donors (Lipinski definition) is 1. The number of pyridine rings is 1. The third-order valence-electron chi connectivity index (χ3n) is 2.11. The van der Waals surface area contributed by atoms with Crippen LogP contribution in [0.2, 0.25) is 0 Å². The average Bonchev–Trinajstić information content (AvgIpc) is 2.17. The lowest BCUT2D eigenvalue weighted by Gasteiger charge is -2.22. The van der Waals surface area contributed by atoms with Crippen molar-refractivity contribution in [2.45, 2.75) is 20.3 Å². The zero-order valence-electron chi connectivity index (χ0n) is 9.33. The highest BCUT2D eigenvalue weighted by atomic mass is 15.2. The van der Waals surface area contributed by atoms with Gasteiger partial charge in [0.05, 0.1) is 12.2 Å². The van der Waals surface area contributed by atoms with Crippen LogP contribution in [0.25, 0.3) is 0 Å². The first-order valence-electron chi connectivity index (χ1n) is 5.09. The van der Waals surface area contributed by atoms with Crippen LogP contribution in [0.15, 0.2) is 12.3 Å². The first kappa shape index (κ1) is 11.4. The van der Waals surface area contributed by atoms with Gasteiger partial charge in [-0.15, -0.1) is 6.42 Å². The first-order valence-corrected chi connectivity index (χ1v) is 5.09. The SMILES string of the molecule is C#CCN(CCC)c1ncc(C)cc1N. The van der Waals surface area contributed by atoms with Crippen LogP contribution >= 0.6 is 0 Å². The van der Waals surface area contributed by atoms with Gasteiger partial charge in [-0.2, -0.15) is 0 Å². The maximum absolute atomic E-state index is 5.91. The molecule has 0 aromatic carbocycles. The van der Waals surface area contributed by atoms with Crippen molar-refractivity contribution in [3.63, 3.8) is 0 Å². The van der Waals surface area contributed by atoms with Gasteiger partial charge in [0.15, 0.2) is 5.82 Å². The molecule has 0 bridgehead atoms. The van der Waals surface area contributed by atoms with E-state index in [2.05, 4.69) is 17.8 Å². The molecule has 0 aliphatic heterocycles. The predicted octanol–water partition coefficient (Wildman–Crippen LogP) is 1.82. The Morgan fingerprint density at radius 3 is 2.87 bits per heavy atom. The molecule has 1 aromatic heterocycles. The summed E-state index contributed by atoms with van der Waals surface area (Å²) in [5.41, 5.74) is 7.67. The van der Waals surface area contributed by atoms with Crippen molar-refractivity contribution >= 4 is 11.5 Å². The third kappa shape index (κ3) is 2.88. The van der Waals surface area contributed by atoms with Crippen LogP contribution in [0.3, 0.4) is 0 Å². The first-order chi connectivity index (χ1) is 7.19. The minimum absolute atomic E-state index is 0.550. The molecule has 2 N–H and O–H groups in total. The molecular weight excluding hydrogens is 186 g/mol. The monoisotopic (exact) mass is 203 g/mol. The summed E-state index contributed by atoms with van der Waals surface area (Å²) in [6.45, 7) is 5.50. The van der Waals surface area contributed by atoms with Crippen molar-refractivity contribution < 1.29 is 0 Å². The lowest BCUT2D eigenvalue weighted by molar-refractivity contribution is 0.810. The molecule has 3 heteroatoms. The quantitative estimate of drug-likeness (QED) is 0.759. The lowest BCUT2D eigenvalue weighted by atomic mass is 10.2. The van der Waals surface area contributed by atoms with Crippen LogP contribution in [-0.4, -0.2) is 18.1 Å². The number of rotatable bonds is 4. The van der Waals surface area contributed by atoms with Gasteiger partial charge < -0.3 is 10.6 Å². The minimum Gasteiger partial charge on any atom is -0.396 e. The molecule has 0 amide bonds. The van der Waals surface area contributed by atoms with Crippen LogP contribution in [-0.2, 0) is 0 Å². The topological polar surface area (TPSA) is 42.2 Å². The van der Waals surface area contributed by atoms with Gasteiger partial charge in [0, 0.05) is 12.7 Å². The van der Waals surface area contributed by atoms with Crippen LogP contribution in [0, 0.1) is 19.3 Å². The van der Waals surface area contributed by atoms with Crippen LogP contribution < -0.4 is 10.6 Å². The molecule has 1 aromatic rings. The predicted molar refractivity (Wildman–Crippen MR) is 64.7 cm³/mol. The van der Waals surface area contributed by atoms with Crippen LogP contribution in [0.5, 0.6) is 0 Å². The van der Waals surface area contributed by atoms with Crippen molar-refractivity contribution in [2.24, 2.45) is 0 Å².